The number of ether oxygens (including phenoxy) is 1. The van der Waals surface area contributed by atoms with Crippen LogP contribution in [0.4, 0.5) is 5.69 Å². The van der Waals surface area contributed by atoms with Gasteiger partial charge in [0.25, 0.3) is 0 Å². The Balaban J connectivity index is 1.86. The second-order valence-electron chi connectivity index (χ2n) is 9.35. The molecule has 3 rings (SSSR count). The summed E-state index contributed by atoms with van der Waals surface area (Å²) in [4.78, 5) is 28.6. The van der Waals surface area contributed by atoms with Gasteiger partial charge in [0.1, 0.15) is 11.8 Å². The third-order valence-electron chi connectivity index (χ3n) is 6.43. The summed E-state index contributed by atoms with van der Waals surface area (Å²) in [5.41, 5.74) is 2.11. The Morgan fingerprint density at radius 3 is 2.23 bits per heavy atom. The van der Waals surface area contributed by atoms with Crippen LogP contribution in [-0.4, -0.2) is 57.6 Å². The highest BCUT2D eigenvalue weighted by atomic mass is 35.5. The SMILES string of the molecule is CCNC(=O)[C@@H](Cc1ccccc1)N(Cc1ccccc1Cl)C(=O)CCCN(c1ccc(OC)cc1)S(C)(=O)=O. The largest absolute Gasteiger partial charge is 0.497 e. The van der Waals surface area contributed by atoms with Gasteiger partial charge in [-0.2, -0.15) is 0 Å². The number of nitrogens with one attached hydrogen (secondary N) is 1. The van der Waals surface area contributed by atoms with Crippen molar-refractivity contribution in [2.24, 2.45) is 0 Å². The number of halogens is 1. The van der Waals surface area contributed by atoms with Crippen LogP contribution in [0.15, 0.2) is 78.9 Å². The van der Waals surface area contributed by atoms with E-state index in [4.69, 9.17) is 16.3 Å². The van der Waals surface area contributed by atoms with Crippen molar-refractivity contribution < 1.29 is 22.7 Å². The van der Waals surface area contributed by atoms with Crippen LogP contribution in [0, 0.1) is 0 Å². The highest BCUT2D eigenvalue weighted by Gasteiger charge is 2.30. The molecule has 0 heterocycles. The summed E-state index contributed by atoms with van der Waals surface area (Å²) in [5, 5.41) is 3.36. The monoisotopic (exact) mass is 585 g/mol. The summed E-state index contributed by atoms with van der Waals surface area (Å²) in [6, 6.07) is 22.7. The number of rotatable bonds is 14. The van der Waals surface area contributed by atoms with Crippen molar-refractivity contribution in [3.05, 3.63) is 95.0 Å². The van der Waals surface area contributed by atoms with Crippen LogP contribution in [0.3, 0.4) is 0 Å². The molecular formula is C30H36ClN3O5S. The molecule has 3 aromatic carbocycles. The number of nitrogens with zero attached hydrogens (tertiary/aromatic N) is 2. The molecule has 0 saturated heterocycles. The Morgan fingerprint density at radius 2 is 1.62 bits per heavy atom. The minimum Gasteiger partial charge on any atom is -0.497 e. The van der Waals surface area contributed by atoms with Crippen LogP contribution in [0.1, 0.15) is 30.9 Å². The standard InChI is InChI=1S/C30H36ClN3O5S/c1-4-32-30(36)28(21-23-11-6-5-7-12-23)33(22-24-13-8-9-14-27(24)31)29(35)15-10-20-34(40(3,37)38)25-16-18-26(39-2)19-17-25/h5-9,11-14,16-19,28H,4,10,15,20-22H2,1-3H3,(H,32,36)/t28-/m1/s1. The lowest BCUT2D eigenvalue weighted by molar-refractivity contribution is -0.141. The Kier molecular flexibility index (Phi) is 11.4. The van der Waals surface area contributed by atoms with E-state index in [1.54, 1.807) is 35.2 Å². The van der Waals surface area contributed by atoms with Gasteiger partial charge in [0, 0.05) is 37.5 Å². The molecule has 0 aliphatic heterocycles. The Labute approximate surface area is 241 Å². The average Bonchev–Trinajstić information content (AvgIpc) is 2.94. The smallest absolute Gasteiger partial charge is 0.243 e. The molecule has 0 bridgehead atoms. The van der Waals surface area contributed by atoms with Crippen LogP contribution in [0.25, 0.3) is 0 Å². The quantitative estimate of drug-likeness (QED) is 0.297. The maximum absolute atomic E-state index is 13.8. The van der Waals surface area contributed by atoms with E-state index in [-0.39, 0.29) is 37.7 Å². The lowest BCUT2D eigenvalue weighted by Gasteiger charge is -2.32. The van der Waals surface area contributed by atoms with Gasteiger partial charge in [-0.25, -0.2) is 8.42 Å². The van der Waals surface area contributed by atoms with Crippen LogP contribution < -0.4 is 14.4 Å². The fourth-order valence-corrected chi connectivity index (χ4v) is 5.57. The van der Waals surface area contributed by atoms with E-state index in [2.05, 4.69) is 5.32 Å². The molecule has 0 fully saturated rings. The molecular weight excluding hydrogens is 550 g/mol. The van der Waals surface area contributed by atoms with E-state index in [9.17, 15) is 18.0 Å². The van der Waals surface area contributed by atoms with Crippen molar-refractivity contribution in [1.29, 1.82) is 0 Å². The third-order valence-corrected chi connectivity index (χ3v) is 8.00. The molecule has 1 N–H and O–H groups in total. The van der Waals surface area contributed by atoms with E-state index in [0.717, 1.165) is 17.4 Å². The molecule has 0 aliphatic rings. The predicted molar refractivity (Wildman–Crippen MR) is 159 cm³/mol. The molecule has 1 atom stereocenters. The number of benzene rings is 3. The minimum absolute atomic E-state index is 0.0390. The number of sulfonamides is 1. The van der Waals surface area contributed by atoms with Gasteiger partial charge in [-0.15, -0.1) is 0 Å². The minimum atomic E-state index is -3.60. The highest BCUT2D eigenvalue weighted by Crippen LogP contribution is 2.24. The van der Waals surface area contributed by atoms with Gasteiger partial charge in [-0.1, -0.05) is 60.1 Å². The summed E-state index contributed by atoms with van der Waals surface area (Å²) < 4.78 is 31.6. The van der Waals surface area contributed by atoms with Gasteiger partial charge in [-0.3, -0.25) is 13.9 Å². The van der Waals surface area contributed by atoms with E-state index in [1.807, 2.05) is 55.5 Å². The number of carbonyl (C=O) groups is 2. The number of likely N-dealkylation sites (N-methyl/N-ethyl adjacent to an activating group) is 1. The topological polar surface area (TPSA) is 96.0 Å². The molecule has 10 heteroatoms. The molecule has 0 unspecified atom stereocenters. The zero-order chi connectivity index (χ0) is 29.1. The van der Waals surface area contributed by atoms with E-state index < -0.39 is 16.1 Å². The van der Waals surface area contributed by atoms with Crippen LogP contribution >= 0.6 is 11.6 Å². The van der Waals surface area contributed by atoms with Crippen LogP contribution in [0.5, 0.6) is 5.75 Å². The number of hydrogen-bond donors (Lipinski definition) is 1. The molecule has 40 heavy (non-hydrogen) atoms. The lowest BCUT2D eigenvalue weighted by atomic mass is 10.0. The van der Waals surface area contributed by atoms with Gasteiger partial charge >= 0.3 is 0 Å². The van der Waals surface area contributed by atoms with E-state index in [0.29, 0.717) is 29.4 Å². The first-order chi connectivity index (χ1) is 19.1. The molecule has 2 amide bonds. The van der Waals surface area contributed by atoms with Gasteiger partial charge in [0.15, 0.2) is 0 Å². The number of amides is 2. The average molecular weight is 586 g/mol. The van der Waals surface area contributed by atoms with Gasteiger partial charge in [0.05, 0.1) is 19.1 Å². The first-order valence-electron chi connectivity index (χ1n) is 13.1. The van der Waals surface area contributed by atoms with Gasteiger partial charge < -0.3 is 15.0 Å². The fourth-order valence-electron chi connectivity index (χ4n) is 4.41. The highest BCUT2D eigenvalue weighted by molar-refractivity contribution is 7.92. The summed E-state index contributed by atoms with van der Waals surface area (Å²) in [6.07, 6.45) is 1.75. The molecule has 214 valence electrons. The Morgan fingerprint density at radius 1 is 0.975 bits per heavy atom. The van der Waals surface area contributed by atoms with Crippen molar-refractivity contribution in [2.45, 2.75) is 38.8 Å². The summed E-state index contributed by atoms with van der Waals surface area (Å²) in [5.74, 6) is 0.0791. The van der Waals surface area contributed by atoms with E-state index >= 15 is 0 Å². The Hall–Kier alpha value is -3.56. The lowest BCUT2D eigenvalue weighted by Crippen LogP contribution is -2.50. The van der Waals surface area contributed by atoms with Crippen molar-refractivity contribution in [1.82, 2.24) is 10.2 Å². The maximum atomic E-state index is 13.8. The Bertz CT molecular complexity index is 1370. The third kappa shape index (κ3) is 8.72. The van der Waals surface area contributed by atoms with Crippen molar-refractivity contribution in [3.8, 4) is 5.75 Å². The molecule has 0 spiro atoms. The normalized spacial score (nSPS) is 11.9. The van der Waals surface area contributed by atoms with Gasteiger partial charge in [0.2, 0.25) is 21.8 Å². The predicted octanol–water partition coefficient (Wildman–Crippen LogP) is 4.67. The number of anilines is 1. The fraction of sp³-hybridized carbons (Fsp3) is 0.333. The van der Waals surface area contributed by atoms with Crippen molar-refractivity contribution in [3.63, 3.8) is 0 Å². The maximum Gasteiger partial charge on any atom is 0.243 e. The van der Waals surface area contributed by atoms with Gasteiger partial charge in [-0.05, 0) is 54.8 Å². The molecule has 3 aromatic rings. The van der Waals surface area contributed by atoms with Crippen LogP contribution in [0.2, 0.25) is 5.02 Å². The summed E-state index contributed by atoms with van der Waals surface area (Å²) in [7, 11) is -2.06. The second-order valence-corrected chi connectivity index (χ2v) is 11.7. The zero-order valence-electron chi connectivity index (χ0n) is 23.0. The van der Waals surface area contributed by atoms with Crippen molar-refractivity contribution >= 4 is 39.1 Å². The number of methoxy groups -OCH3 is 1. The van der Waals surface area contributed by atoms with Crippen molar-refractivity contribution in [2.75, 3.05) is 30.8 Å². The molecule has 0 aromatic heterocycles. The molecule has 0 radical (unpaired) electrons. The van der Waals surface area contributed by atoms with E-state index in [1.165, 1.54) is 11.4 Å². The van der Waals surface area contributed by atoms with Crippen LogP contribution in [-0.2, 0) is 32.6 Å². The molecule has 0 aliphatic carbocycles. The number of hydrogen-bond acceptors (Lipinski definition) is 5. The second kappa shape index (κ2) is 14.7. The molecule has 8 nitrogen and oxygen atoms in total. The first kappa shape index (κ1) is 31.0. The summed E-state index contributed by atoms with van der Waals surface area (Å²) >= 11 is 6.44. The first-order valence-corrected chi connectivity index (χ1v) is 15.3. The zero-order valence-corrected chi connectivity index (χ0v) is 24.6. The molecule has 0 saturated carbocycles. The number of carbonyl (C=O) groups excluding carboxylic acids is 2. The summed E-state index contributed by atoms with van der Waals surface area (Å²) in [6.45, 7) is 2.49.